The van der Waals surface area contributed by atoms with Crippen molar-refractivity contribution < 1.29 is 0 Å². The Labute approximate surface area is 116 Å². The van der Waals surface area contributed by atoms with Crippen LogP contribution < -0.4 is 0 Å². The fourth-order valence-electron chi connectivity index (χ4n) is 3.48. The zero-order valence-electron chi connectivity index (χ0n) is 12.1. The second kappa shape index (κ2) is 6.06. The van der Waals surface area contributed by atoms with Crippen LogP contribution in [0.2, 0.25) is 0 Å². The second-order valence-corrected chi connectivity index (χ2v) is 6.12. The SMILES string of the molecule is Cn1cncc1CN1CCCCC1CN1CCCC1. The number of aromatic nitrogens is 2. The van der Waals surface area contributed by atoms with E-state index in [1.54, 1.807) is 0 Å². The molecule has 1 unspecified atom stereocenters. The van der Waals surface area contributed by atoms with E-state index in [1.807, 2.05) is 12.5 Å². The van der Waals surface area contributed by atoms with Crippen LogP contribution in [0.3, 0.4) is 0 Å². The summed E-state index contributed by atoms with van der Waals surface area (Å²) < 4.78 is 2.15. The Balaban J connectivity index is 1.61. The van der Waals surface area contributed by atoms with Crippen LogP contribution in [0.4, 0.5) is 0 Å². The van der Waals surface area contributed by atoms with Gasteiger partial charge in [0.1, 0.15) is 0 Å². The summed E-state index contributed by atoms with van der Waals surface area (Å²) in [4.78, 5) is 9.58. The van der Waals surface area contributed by atoms with Gasteiger partial charge in [-0.1, -0.05) is 6.42 Å². The summed E-state index contributed by atoms with van der Waals surface area (Å²) in [7, 11) is 2.10. The quantitative estimate of drug-likeness (QED) is 0.828. The van der Waals surface area contributed by atoms with Crippen LogP contribution in [0.5, 0.6) is 0 Å². The Hall–Kier alpha value is -0.870. The number of rotatable bonds is 4. The number of hydrogen-bond donors (Lipinski definition) is 0. The molecular formula is C15H26N4. The fraction of sp³-hybridized carbons (Fsp3) is 0.800. The van der Waals surface area contributed by atoms with Crippen molar-refractivity contribution >= 4 is 0 Å². The molecule has 1 atom stereocenters. The second-order valence-electron chi connectivity index (χ2n) is 6.12. The topological polar surface area (TPSA) is 24.3 Å². The van der Waals surface area contributed by atoms with Crippen molar-refractivity contribution in [1.82, 2.24) is 19.4 Å². The highest BCUT2D eigenvalue weighted by atomic mass is 15.2. The molecule has 2 saturated heterocycles. The molecule has 1 aromatic heterocycles. The molecule has 0 aliphatic carbocycles. The maximum absolute atomic E-state index is 4.24. The molecule has 0 radical (unpaired) electrons. The van der Waals surface area contributed by atoms with Crippen LogP contribution in [-0.4, -0.2) is 51.6 Å². The van der Waals surface area contributed by atoms with Crippen molar-refractivity contribution in [3.8, 4) is 0 Å². The van der Waals surface area contributed by atoms with Crippen LogP contribution in [0.1, 0.15) is 37.8 Å². The number of imidazole rings is 1. The van der Waals surface area contributed by atoms with E-state index < -0.39 is 0 Å². The third-order valence-electron chi connectivity index (χ3n) is 4.70. The van der Waals surface area contributed by atoms with Crippen LogP contribution in [0, 0.1) is 0 Å². The van der Waals surface area contributed by atoms with Gasteiger partial charge >= 0.3 is 0 Å². The summed E-state index contributed by atoms with van der Waals surface area (Å²) in [5.74, 6) is 0. The van der Waals surface area contributed by atoms with Gasteiger partial charge in [-0.25, -0.2) is 4.98 Å². The highest BCUT2D eigenvalue weighted by Gasteiger charge is 2.26. The summed E-state index contributed by atoms with van der Waals surface area (Å²) in [6.45, 7) is 6.22. The van der Waals surface area contributed by atoms with E-state index >= 15 is 0 Å². The molecule has 0 spiro atoms. The van der Waals surface area contributed by atoms with Crippen molar-refractivity contribution in [2.24, 2.45) is 7.05 Å². The fourth-order valence-corrected chi connectivity index (χ4v) is 3.48. The van der Waals surface area contributed by atoms with E-state index in [2.05, 4.69) is 26.4 Å². The summed E-state index contributed by atoms with van der Waals surface area (Å²) in [5.41, 5.74) is 1.34. The van der Waals surface area contributed by atoms with Crippen LogP contribution >= 0.6 is 0 Å². The Morgan fingerprint density at radius 1 is 1.16 bits per heavy atom. The van der Waals surface area contributed by atoms with E-state index in [-0.39, 0.29) is 0 Å². The van der Waals surface area contributed by atoms with Crippen molar-refractivity contribution in [3.05, 3.63) is 18.2 Å². The van der Waals surface area contributed by atoms with E-state index in [0.717, 1.165) is 12.6 Å². The third-order valence-corrected chi connectivity index (χ3v) is 4.70. The summed E-state index contributed by atoms with van der Waals surface area (Å²) >= 11 is 0. The Morgan fingerprint density at radius 3 is 2.68 bits per heavy atom. The molecular weight excluding hydrogens is 236 g/mol. The van der Waals surface area contributed by atoms with Crippen molar-refractivity contribution in [3.63, 3.8) is 0 Å². The van der Waals surface area contributed by atoms with Crippen molar-refractivity contribution in [2.75, 3.05) is 26.2 Å². The lowest BCUT2D eigenvalue weighted by Gasteiger charge is -2.37. The molecule has 2 aliphatic heterocycles. The molecule has 2 aliphatic rings. The van der Waals surface area contributed by atoms with E-state index in [9.17, 15) is 0 Å². The minimum absolute atomic E-state index is 0.752. The smallest absolute Gasteiger partial charge is 0.0945 e. The normalized spacial score (nSPS) is 26.1. The summed E-state index contributed by atoms with van der Waals surface area (Å²) in [6.07, 6.45) is 10.8. The zero-order chi connectivity index (χ0) is 13.1. The molecule has 1 aromatic rings. The maximum atomic E-state index is 4.24. The monoisotopic (exact) mass is 262 g/mol. The third kappa shape index (κ3) is 3.18. The number of piperidine rings is 1. The molecule has 4 nitrogen and oxygen atoms in total. The molecule has 0 N–H and O–H groups in total. The van der Waals surface area contributed by atoms with Gasteiger partial charge in [0.05, 0.1) is 12.0 Å². The van der Waals surface area contributed by atoms with Gasteiger partial charge in [-0.3, -0.25) is 4.90 Å². The molecule has 19 heavy (non-hydrogen) atoms. The molecule has 3 heterocycles. The van der Waals surface area contributed by atoms with Gasteiger partial charge in [-0.05, 0) is 45.3 Å². The lowest BCUT2D eigenvalue weighted by atomic mass is 10.0. The Morgan fingerprint density at radius 2 is 1.95 bits per heavy atom. The lowest BCUT2D eigenvalue weighted by Crippen LogP contribution is -2.45. The van der Waals surface area contributed by atoms with Gasteiger partial charge in [-0.15, -0.1) is 0 Å². The average molecular weight is 262 g/mol. The van der Waals surface area contributed by atoms with Crippen LogP contribution in [0.15, 0.2) is 12.5 Å². The molecule has 4 heteroatoms. The number of likely N-dealkylation sites (tertiary alicyclic amines) is 2. The van der Waals surface area contributed by atoms with E-state index in [4.69, 9.17) is 0 Å². The van der Waals surface area contributed by atoms with Crippen molar-refractivity contribution in [1.29, 1.82) is 0 Å². The minimum Gasteiger partial charge on any atom is -0.337 e. The lowest BCUT2D eigenvalue weighted by molar-refractivity contribution is 0.104. The van der Waals surface area contributed by atoms with Gasteiger partial charge in [0.15, 0.2) is 0 Å². The first-order chi connectivity index (χ1) is 9.33. The zero-order valence-corrected chi connectivity index (χ0v) is 12.1. The first-order valence-electron chi connectivity index (χ1n) is 7.74. The predicted molar refractivity (Wildman–Crippen MR) is 76.9 cm³/mol. The van der Waals surface area contributed by atoms with Crippen molar-refractivity contribution in [2.45, 2.75) is 44.7 Å². The van der Waals surface area contributed by atoms with Crippen LogP contribution in [0.25, 0.3) is 0 Å². The Kier molecular flexibility index (Phi) is 4.18. The maximum Gasteiger partial charge on any atom is 0.0945 e. The van der Waals surface area contributed by atoms with Crippen LogP contribution in [-0.2, 0) is 13.6 Å². The van der Waals surface area contributed by atoms with E-state index in [1.165, 1.54) is 64.0 Å². The first kappa shape index (κ1) is 13.1. The first-order valence-corrected chi connectivity index (χ1v) is 7.74. The number of nitrogens with zero attached hydrogens (tertiary/aromatic N) is 4. The number of aryl methyl sites for hydroxylation is 1. The van der Waals surface area contributed by atoms with Gasteiger partial charge < -0.3 is 9.47 Å². The average Bonchev–Trinajstić information content (AvgIpc) is 3.05. The molecule has 0 aromatic carbocycles. The standard InChI is InChI=1S/C15H26N4/c1-17-13-16-10-15(17)12-19-9-3-2-6-14(19)11-18-7-4-5-8-18/h10,13-14H,2-9,11-12H2,1H3. The van der Waals surface area contributed by atoms with Gasteiger partial charge in [-0.2, -0.15) is 0 Å². The summed E-state index contributed by atoms with van der Waals surface area (Å²) in [6, 6.07) is 0.752. The molecule has 0 amide bonds. The molecule has 0 bridgehead atoms. The van der Waals surface area contributed by atoms with Gasteiger partial charge in [0.25, 0.3) is 0 Å². The summed E-state index contributed by atoms with van der Waals surface area (Å²) in [5, 5.41) is 0. The minimum atomic E-state index is 0.752. The number of hydrogen-bond acceptors (Lipinski definition) is 3. The molecule has 3 rings (SSSR count). The highest BCUT2D eigenvalue weighted by molar-refractivity contribution is 4.98. The largest absolute Gasteiger partial charge is 0.337 e. The van der Waals surface area contributed by atoms with Gasteiger partial charge in [0, 0.05) is 32.4 Å². The van der Waals surface area contributed by atoms with E-state index in [0.29, 0.717) is 0 Å². The Bertz CT molecular complexity index is 395. The molecule has 0 saturated carbocycles. The molecule has 106 valence electrons. The predicted octanol–water partition coefficient (Wildman–Crippen LogP) is 1.87. The van der Waals surface area contributed by atoms with Gasteiger partial charge in [0.2, 0.25) is 0 Å². The highest BCUT2D eigenvalue weighted by Crippen LogP contribution is 2.21. The molecule has 2 fully saturated rings.